The van der Waals surface area contributed by atoms with Crippen LogP contribution in [0.2, 0.25) is 5.02 Å². The Kier molecular flexibility index (Phi) is 5.44. The van der Waals surface area contributed by atoms with Crippen LogP contribution in [-0.2, 0) is 4.74 Å². The average molecular weight is 491 g/mol. The van der Waals surface area contributed by atoms with Gasteiger partial charge in [-0.15, -0.1) is 0 Å². The molecule has 35 heavy (non-hydrogen) atoms. The van der Waals surface area contributed by atoms with Gasteiger partial charge >= 0.3 is 11.8 Å². The molecule has 0 saturated carbocycles. The van der Waals surface area contributed by atoms with Gasteiger partial charge in [0.15, 0.2) is 11.5 Å². The van der Waals surface area contributed by atoms with Crippen molar-refractivity contribution in [3.8, 4) is 34.4 Å². The topological polar surface area (TPSA) is 122 Å². The van der Waals surface area contributed by atoms with E-state index in [-0.39, 0.29) is 6.01 Å². The summed E-state index contributed by atoms with van der Waals surface area (Å²) in [5.41, 5.74) is 4.44. The van der Waals surface area contributed by atoms with E-state index >= 15 is 0 Å². The molecular weight excluding hydrogens is 472 g/mol. The van der Waals surface area contributed by atoms with Gasteiger partial charge in [-0.2, -0.15) is 15.1 Å². The molecule has 10 nitrogen and oxygen atoms in total. The number of fused-ring (bicyclic) bond motifs is 1. The van der Waals surface area contributed by atoms with Crippen molar-refractivity contribution in [3.05, 3.63) is 70.2 Å². The van der Waals surface area contributed by atoms with E-state index in [0.29, 0.717) is 39.0 Å². The lowest BCUT2D eigenvalue weighted by atomic mass is 10.1. The third kappa shape index (κ3) is 4.36. The van der Waals surface area contributed by atoms with Gasteiger partial charge in [-0.3, -0.25) is 0 Å². The van der Waals surface area contributed by atoms with E-state index in [4.69, 9.17) is 21.1 Å². The molecule has 1 aliphatic rings. The predicted molar refractivity (Wildman–Crippen MR) is 130 cm³/mol. The summed E-state index contributed by atoms with van der Waals surface area (Å²) in [6.45, 7) is 3.22. The fourth-order valence-corrected chi connectivity index (χ4v) is 4.23. The highest BCUT2D eigenvalue weighted by molar-refractivity contribution is 6.33. The number of morpholine rings is 1. The van der Waals surface area contributed by atoms with Crippen molar-refractivity contribution < 1.29 is 14.0 Å². The maximum absolute atomic E-state index is 11.2. The number of nitrogens with one attached hydrogen (secondary N) is 2. The highest BCUT2D eigenvalue weighted by Crippen LogP contribution is 2.32. The number of anilines is 1. The minimum Gasteiger partial charge on any atom is -0.426 e. The lowest BCUT2D eigenvalue weighted by Crippen LogP contribution is -2.36. The average Bonchev–Trinajstić information content (AvgIpc) is 3.49. The molecule has 0 unspecified atom stereocenters. The van der Waals surface area contributed by atoms with E-state index in [0.717, 1.165) is 37.6 Å². The van der Waals surface area contributed by atoms with Crippen molar-refractivity contribution >= 4 is 28.5 Å². The first-order chi connectivity index (χ1) is 17.1. The van der Waals surface area contributed by atoms with Gasteiger partial charge in [0.25, 0.3) is 0 Å². The number of H-pyrrole nitrogens is 2. The second-order valence-electron chi connectivity index (χ2n) is 7.94. The summed E-state index contributed by atoms with van der Waals surface area (Å²) in [5, 5.41) is 2.98. The zero-order valence-electron chi connectivity index (χ0n) is 18.3. The molecule has 2 aromatic carbocycles. The molecule has 1 fully saturated rings. The number of ether oxygens (including phenoxy) is 2. The van der Waals surface area contributed by atoms with Crippen molar-refractivity contribution in [2.75, 3.05) is 31.2 Å². The van der Waals surface area contributed by atoms with Crippen LogP contribution in [0.1, 0.15) is 0 Å². The number of halogens is 1. The summed E-state index contributed by atoms with van der Waals surface area (Å²) >= 11 is 6.56. The number of rotatable bonds is 5. The predicted octanol–water partition coefficient (Wildman–Crippen LogP) is 4.25. The molecule has 6 rings (SSSR count). The number of imidazole rings is 1. The second-order valence-corrected chi connectivity index (χ2v) is 8.35. The SMILES string of the molecule is O=c1nc(-c2cccc(Oc3nc4nc(-c5ccc(N6CCOCC6)cc5)c(Cl)cc4[nH]3)c2)[nH]o1. The Morgan fingerprint density at radius 3 is 2.57 bits per heavy atom. The number of hydrogen-bond donors (Lipinski definition) is 2. The maximum atomic E-state index is 11.2. The van der Waals surface area contributed by atoms with Crippen LogP contribution in [0.4, 0.5) is 5.69 Å². The molecule has 2 N–H and O–H groups in total. The summed E-state index contributed by atoms with van der Waals surface area (Å²) in [6.07, 6.45) is 0. The van der Waals surface area contributed by atoms with Crippen LogP contribution in [-0.4, -0.2) is 51.4 Å². The Hall–Kier alpha value is -4.15. The van der Waals surface area contributed by atoms with E-state index in [9.17, 15) is 4.79 Å². The Labute approximate surface area is 203 Å². The first kappa shape index (κ1) is 21.4. The molecule has 11 heteroatoms. The van der Waals surface area contributed by atoms with Gasteiger partial charge in [0.1, 0.15) is 5.75 Å². The van der Waals surface area contributed by atoms with Crippen molar-refractivity contribution in [2.24, 2.45) is 0 Å². The molecular formula is C24H19ClN6O4. The zero-order valence-corrected chi connectivity index (χ0v) is 19.1. The Bertz CT molecular complexity index is 1550. The first-order valence-corrected chi connectivity index (χ1v) is 11.3. The Morgan fingerprint density at radius 1 is 0.971 bits per heavy atom. The molecule has 0 amide bonds. The van der Waals surface area contributed by atoms with Gasteiger partial charge in [-0.1, -0.05) is 35.9 Å². The van der Waals surface area contributed by atoms with E-state index in [1.165, 1.54) is 0 Å². The largest absolute Gasteiger partial charge is 0.460 e. The smallest absolute Gasteiger partial charge is 0.426 e. The first-order valence-electron chi connectivity index (χ1n) is 11.0. The molecule has 0 bridgehead atoms. The number of pyridine rings is 1. The lowest BCUT2D eigenvalue weighted by molar-refractivity contribution is 0.122. The molecule has 0 atom stereocenters. The third-order valence-corrected chi connectivity index (χ3v) is 5.97. The van der Waals surface area contributed by atoms with Gasteiger partial charge in [0.2, 0.25) is 0 Å². The third-order valence-electron chi connectivity index (χ3n) is 5.68. The number of aromatic amines is 2. The molecule has 176 valence electrons. The number of benzene rings is 2. The summed E-state index contributed by atoms with van der Waals surface area (Å²) < 4.78 is 15.9. The lowest BCUT2D eigenvalue weighted by Gasteiger charge is -2.28. The van der Waals surface area contributed by atoms with Crippen molar-refractivity contribution in [1.29, 1.82) is 0 Å². The summed E-state index contributed by atoms with van der Waals surface area (Å²) in [4.78, 5) is 29.5. The van der Waals surface area contributed by atoms with E-state index in [2.05, 4.69) is 46.6 Å². The number of nitrogens with zero attached hydrogens (tertiary/aromatic N) is 4. The second kappa shape index (κ2) is 8.90. The van der Waals surface area contributed by atoms with E-state index in [1.54, 1.807) is 30.3 Å². The van der Waals surface area contributed by atoms with Gasteiger partial charge in [0, 0.05) is 29.9 Å². The minimum absolute atomic E-state index is 0.258. The van der Waals surface area contributed by atoms with Crippen molar-refractivity contribution in [3.63, 3.8) is 0 Å². The van der Waals surface area contributed by atoms with Crippen LogP contribution < -0.4 is 15.4 Å². The van der Waals surface area contributed by atoms with Gasteiger partial charge in [-0.05, 0) is 30.3 Å². The van der Waals surface area contributed by atoms with Crippen LogP contribution in [0.3, 0.4) is 0 Å². The van der Waals surface area contributed by atoms with Crippen molar-refractivity contribution in [2.45, 2.75) is 0 Å². The minimum atomic E-state index is -0.696. The molecule has 0 spiro atoms. The molecule has 1 saturated heterocycles. The van der Waals surface area contributed by atoms with E-state index in [1.807, 2.05) is 12.1 Å². The fraction of sp³-hybridized carbons (Fsp3) is 0.167. The van der Waals surface area contributed by atoms with Crippen LogP contribution >= 0.6 is 11.6 Å². The molecule has 0 aliphatic carbocycles. The normalized spacial score (nSPS) is 13.9. The van der Waals surface area contributed by atoms with Crippen LogP contribution in [0, 0.1) is 0 Å². The summed E-state index contributed by atoms with van der Waals surface area (Å²) in [5.74, 6) is 0.108. The van der Waals surface area contributed by atoms with Crippen molar-refractivity contribution in [1.82, 2.24) is 25.1 Å². The quantitative estimate of drug-likeness (QED) is 0.375. The number of hydrogen-bond acceptors (Lipinski definition) is 8. The van der Waals surface area contributed by atoms with E-state index < -0.39 is 5.76 Å². The molecule has 5 aromatic rings. The number of aromatic nitrogens is 5. The highest BCUT2D eigenvalue weighted by Gasteiger charge is 2.15. The van der Waals surface area contributed by atoms with Gasteiger partial charge < -0.3 is 23.9 Å². The maximum Gasteiger partial charge on any atom is 0.460 e. The zero-order chi connectivity index (χ0) is 23.8. The summed E-state index contributed by atoms with van der Waals surface area (Å²) in [6, 6.07) is 17.2. The van der Waals surface area contributed by atoms with Gasteiger partial charge in [0.05, 0.1) is 29.4 Å². The molecule has 4 heterocycles. The molecule has 0 radical (unpaired) electrons. The van der Waals surface area contributed by atoms with Crippen LogP contribution in [0.25, 0.3) is 33.8 Å². The summed E-state index contributed by atoms with van der Waals surface area (Å²) in [7, 11) is 0. The molecule has 3 aromatic heterocycles. The fourth-order valence-electron chi connectivity index (χ4n) is 3.97. The Morgan fingerprint density at radius 2 is 1.80 bits per heavy atom. The standard InChI is InChI=1S/C24H19ClN6O4/c25-18-13-19-22(27-20(18)14-4-6-16(7-5-14)31-8-10-33-11-9-31)28-23(26-19)34-17-3-1-2-15(12-17)21-29-24(32)35-30-21/h1-7,12-13H,8-11H2,(H,26,27,28)(H,29,30,32). The molecule has 1 aliphatic heterocycles. The Balaban J connectivity index is 1.26. The van der Waals surface area contributed by atoms with Gasteiger partial charge in [-0.25, -0.2) is 9.78 Å². The highest BCUT2D eigenvalue weighted by atomic mass is 35.5. The van der Waals surface area contributed by atoms with Crippen LogP contribution in [0.5, 0.6) is 11.8 Å². The van der Waals surface area contributed by atoms with Crippen LogP contribution in [0.15, 0.2) is 63.9 Å². The monoisotopic (exact) mass is 490 g/mol.